The van der Waals surface area contributed by atoms with E-state index in [1.54, 1.807) is 4.68 Å². The molecule has 27 heavy (non-hydrogen) atoms. The number of imidazole rings is 1. The summed E-state index contributed by atoms with van der Waals surface area (Å²) in [5.74, 6) is 1.64. The Hall–Kier alpha value is -2.96. The molecule has 7 nitrogen and oxygen atoms in total. The van der Waals surface area contributed by atoms with E-state index in [-0.39, 0.29) is 0 Å². The van der Waals surface area contributed by atoms with Crippen molar-refractivity contribution in [3.05, 3.63) is 43.2 Å². The van der Waals surface area contributed by atoms with E-state index in [0.717, 1.165) is 34.2 Å². The smallest absolute Gasteiger partial charge is 0.149 e. The van der Waals surface area contributed by atoms with Crippen LogP contribution in [0.25, 0.3) is 28.3 Å². The zero-order chi connectivity index (χ0) is 18.4. The number of fused-ring (bicyclic) bond motifs is 1. The third-order valence-electron chi connectivity index (χ3n) is 5.34. The monoisotopic (exact) mass is 361 g/mol. The van der Waals surface area contributed by atoms with Crippen LogP contribution >= 0.6 is 0 Å². The van der Waals surface area contributed by atoms with Gasteiger partial charge in [0.25, 0.3) is 0 Å². The summed E-state index contributed by atoms with van der Waals surface area (Å²) in [5.41, 5.74) is 3.75. The minimum absolute atomic E-state index is 0.503. The standard InChI is InChI=1S/C20H23N7/c1-3-4-18(14-5-6-14)27-13-16(11-23-27)20-24-17(15-10-22-25(2)12-15)9-19-21-7-8-26(19)20/h7-14,18H,3-6H2,1-2H3. The van der Waals surface area contributed by atoms with E-state index >= 15 is 0 Å². The number of hydrogen-bond acceptors (Lipinski definition) is 4. The molecule has 1 aliphatic carbocycles. The molecule has 1 saturated carbocycles. The van der Waals surface area contributed by atoms with Crippen LogP contribution in [0.3, 0.4) is 0 Å². The Balaban J connectivity index is 1.59. The van der Waals surface area contributed by atoms with Crippen molar-refractivity contribution < 1.29 is 0 Å². The summed E-state index contributed by atoms with van der Waals surface area (Å²) in [6.07, 6.45) is 16.6. The SMILES string of the molecule is CCCC(C1CC1)n1cc(-c2nc(-c3cnn(C)c3)cc3nccn23)cn1. The first-order chi connectivity index (χ1) is 13.2. The quantitative estimate of drug-likeness (QED) is 0.525. The van der Waals surface area contributed by atoms with Crippen molar-refractivity contribution in [2.24, 2.45) is 13.0 Å². The first kappa shape index (κ1) is 16.2. The van der Waals surface area contributed by atoms with Gasteiger partial charge in [0.05, 0.1) is 29.7 Å². The Morgan fingerprint density at radius 3 is 2.74 bits per heavy atom. The van der Waals surface area contributed by atoms with Crippen molar-refractivity contribution in [3.8, 4) is 22.6 Å². The van der Waals surface area contributed by atoms with Crippen LogP contribution in [0.15, 0.2) is 43.2 Å². The van der Waals surface area contributed by atoms with Gasteiger partial charge in [-0.15, -0.1) is 0 Å². The minimum atomic E-state index is 0.503. The molecule has 138 valence electrons. The summed E-state index contributed by atoms with van der Waals surface area (Å²) in [5, 5.41) is 8.97. The van der Waals surface area contributed by atoms with Crippen molar-refractivity contribution in [2.75, 3.05) is 0 Å². The molecule has 4 aromatic rings. The molecule has 0 amide bonds. The highest BCUT2D eigenvalue weighted by atomic mass is 15.3. The third kappa shape index (κ3) is 2.93. The topological polar surface area (TPSA) is 65.8 Å². The van der Waals surface area contributed by atoms with Crippen molar-refractivity contribution in [1.29, 1.82) is 0 Å². The maximum Gasteiger partial charge on any atom is 0.149 e. The van der Waals surface area contributed by atoms with Crippen LogP contribution in [-0.4, -0.2) is 33.9 Å². The van der Waals surface area contributed by atoms with E-state index in [9.17, 15) is 0 Å². The summed E-state index contributed by atoms with van der Waals surface area (Å²) in [4.78, 5) is 9.40. The lowest BCUT2D eigenvalue weighted by Crippen LogP contribution is -2.11. The van der Waals surface area contributed by atoms with Gasteiger partial charge < -0.3 is 0 Å². The molecule has 1 unspecified atom stereocenters. The molecule has 0 bridgehead atoms. The molecule has 1 atom stereocenters. The van der Waals surface area contributed by atoms with Gasteiger partial charge >= 0.3 is 0 Å². The van der Waals surface area contributed by atoms with Gasteiger partial charge in [0.1, 0.15) is 11.5 Å². The molecule has 0 radical (unpaired) electrons. The zero-order valence-corrected chi connectivity index (χ0v) is 15.7. The average molecular weight is 361 g/mol. The lowest BCUT2D eigenvalue weighted by Gasteiger charge is -2.15. The van der Waals surface area contributed by atoms with Crippen LogP contribution in [-0.2, 0) is 7.05 Å². The molecule has 0 spiro atoms. The van der Waals surface area contributed by atoms with Gasteiger partial charge in [0.15, 0.2) is 0 Å². The largest absolute Gasteiger partial charge is 0.284 e. The van der Waals surface area contributed by atoms with E-state index in [0.29, 0.717) is 6.04 Å². The number of rotatable bonds is 6. The Morgan fingerprint density at radius 1 is 1.15 bits per heavy atom. The summed E-state index contributed by atoms with van der Waals surface area (Å²) < 4.78 is 5.96. The van der Waals surface area contributed by atoms with E-state index < -0.39 is 0 Å². The second-order valence-corrected chi connectivity index (χ2v) is 7.43. The fourth-order valence-electron chi connectivity index (χ4n) is 3.82. The normalized spacial score (nSPS) is 15.5. The average Bonchev–Trinajstić information content (AvgIpc) is 3.07. The third-order valence-corrected chi connectivity index (χ3v) is 5.34. The van der Waals surface area contributed by atoms with Crippen molar-refractivity contribution >= 4 is 5.65 Å². The Bertz CT molecular complexity index is 1080. The van der Waals surface area contributed by atoms with E-state index in [1.807, 2.05) is 48.5 Å². The minimum Gasteiger partial charge on any atom is -0.284 e. The van der Waals surface area contributed by atoms with Crippen LogP contribution in [0, 0.1) is 5.92 Å². The molecule has 0 aliphatic heterocycles. The highest BCUT2D eigenvalue weighted by molar-refractivity contribution is 5.68. The van der Waals surface area contributed by atoms with E-state index in [4.69, 9.17) is 10.1 Å². The number of nitrogens with zero attached hydrogens (tertiary/aromatic N) is 7. The number of hydrogen-bond donors (Lipinski definition) is 0. The van der Waals surface area contributed by atoms with E-state index in [2.05, 4.69) is 27.9 Å². The van der Waals surface area contributed by atoms with Crippen LogP contribution < -0.4 is 0 Å². The predicted octanol–water partition coefficient (Wildman–Crippen LogP) is 3.74. The second-order valence-electron chi connectivity index (χ2n) is 7.43. The molecular weight excluding hydrogens is 338 g/mol. The first-order valence-corrected chi connectivity index (χ1v) is 9.60. The zero-order valence-electron chi connectivity index (χ0n) is 15.7. The summed E-state index contributed by atoms with van der Waals surface area (Å²) in [6.45, 7) is 2.24. The Morgan fingerprint density at radius 2 is 2.00 bits per heavy atom. The fraction of sp³-hybridized carbons (Fsp3) is 0.400. The lowest BCUT2D eigenvalue weighted by atomic mass is 10.1. The molecule has 4 aromatic heterocycles. The Kier molecular flexibility index (Phi) is 3.81. The van der Waals surface area contributed by atoms with Crippen molar-refractivity contribution in [2.45, 2.75) is 38.6 Å². The summed E-state index contributed by atoms with van der Waals surface area (Å²) >= 11 is 0. The summed E-state index contributed by atoms with van der Waals surface area (Å²) in [7, 11) is 1.91. The van der Waals surface area contributed by atoms with Gasteiger partial charge in [-0.05, 0) is 25.2 Å². The first-order valence-electron chi connectivity index (χ1n) is 9.60. The molecule has 0 N–H and O–H groups in total. The lowest BCUT2D eigenvalue weighted by molar-refractivity contribution is 0.376. The molecular formula is C20H23N7. The number of aromatic nitrogens is 7. The highest BCUT2D eigenvalue weighted by Crippen LogP contribution is 2.42. The van der Waals surface area contributed by atoms with Crippen LogP contribution in [0.2, 0.25) is 0 Å². The van der Waals surface area contributed by atoms with E-state index in [1.165, 1.54) is 25.7 Å². The van der Waals surface area contributed by atoms with Crippen molar-refractivity contribution in [1.82, 2.24) is 33.9 Å². The number of aryl methyl sites for hydroxylation is 1. The molecule has 5 rings (SSSR count). The molecule has 1 aliphatic rings. The van der Waals surface area contributed by atoms with Crippen LogP contribution in [0.4, 0.5) is 0 Å². The second kappa shape index (κ2) is 6.33. The Labute approximate surface area is 157 Å². The molecule has 1 fully saturated rings. The van der Waals surface area contributed by atoms with Gasteiger partial charge in [0, 0.05) is 43.5 Å². The molecule has 7 heteroatoms. The van der Waals surface area contributed by atoms with Gasteiger partial charge in [-0.3, -0.25) is 13.8 Å². The summed E-state index contributed by atoms with van der Waals surface area (Å²) in [6, 6.07) is 2.50. The van der Waals surface area contributed by atoms with Gasteiger partial charge in [0.2, 0.25) is 0 Å². The molecule has 4 heterocycles. The van der Waals surface area contributed by atoms with Gasteiger partial charge in [-0.1, -0.05) is 13.3 Å². The van der Waals surface area contributed by atoms with Crippen molar-refractivity contribution in [3.63, 3.8) is 0 Å². The maximum absolute atomic E-state index is 4.92. The highest BCUT2D eigenvalue weighted by Gasteiger charge is 2.32. The van der Waals surface area contributed by atoms with Gasteiger partial charge in [-0.25, -0.2) is 9.97 Å². The van der Waals surface area contributed by atoms with Gasteiger partial charge in [-0.2, -0.15) is 10.2 Å². The molecule has 0 saturated heterocycles. The van der Waals surface area contributed by atoms with Crippen LogP contribution in [0.5, 0.6) is 0 Å². The molecule has 0 aromatic carbocycles. The maximum atomic E-state index is 4.92. The van der Waals surface area contributed by atoms with Crippen LogP contribution in [0.1, 0.15) is 38.6 Å². The predicted molar refractivity (Wildman–Crippen MR) is 103 cm³/mol. The fourth-order valence-corrected chi connectivity index (χ4v) is 3.82.